The number of hydrogen-bond donors (Lipinski definition) is 1. The lowest BCUT2D eigenvalue weighted by atomic mass is 9.90. The van der Waals surface area contributed by atoms with Crippen LogP contribution >= 0.6 is 11.6 Å². The lowest BCUT2D eigenvalue weighted by Gasteiger charge is -2.25. The predicted molar refractivity (Wildman–Crippen MR) is 117 cm³/mol. The fraction of sp³-hybridized carbons (Fsp3) is 0.391. The van der Waals surface area contributed by atoms with Crippen molar-refractivity contribution < 1.29 is 28.6 Å². The second kappa shape index (κ2) is 12.9. The van der Waals surface area contributed by atoms with E-state index in [4.69, 9.17) is 21.4 Å². The normalized spacial score (nSPS) is 13.6. The van der Waals surface area contributed by atoms with Crippen LogP contribution in [-0.2, 0) is 14.3 Å². The van der Waals surface area contributed by atoms with Crippen LogP contribution in [-0.4, -0.2) is 37.5 Å². The Kier molecular flexibility index (Phi) is 10.3. The number of amides is 1. The van der Waals surface area contributed by atoms with Gasteiger partial charge in [0.05, 0.1) is 23.0 Å². The van der Waals surface area contributed by atoms with E-state index in [1.54, 1.807) is 18.2 Å². The van der Waals surface area contributed by atoms with E-state index in [0.29, 0.717) is 23.9 Å². The molecule has 1 N–H and O–H groups in total. The minimum absolute atomic E-state index is 0.0207. The maximum Gasteiger partial charge on any atom is 0.418 e. The Morgan fingerprint density at radius 3 is 2.32 bits per heavy atom. The van der Waals surface area contributed by atoms with Gasteiger partial charge in [-0.05, 0) is 49.1 Å². The maximum absolute atomic E-state index is 13.9. The standard InChI is InChI=1S/C20H21ClFNO2.C3H6O3/c21-18-12-11-17(13-19(18)22)23(16-9-5-2-6-10-16)20(24)25-14-15-7-3-1-4-8-15;1-6-2-3(4)5/h2,5-6,9-13,15H,1,3-4,7-8,14H2;2H2,1H3,(H,4,5). The Morgan fingerprint density at radius 1 is 1.10 bits per heavy atom. The average molecular weight is 452 g/mol. The van der Waals surface area contributed by atoms with Crippen LogP contribution in [0.4, 0.5) is 20.6 Å². The molecule has 0 heterocycles. The molecular formula is C23H27ClFNO5. The zero-order chi connectivity index (χ0) is 22.6. The number of carbonyl (C=O) groups excluding carboxylic acids is 1. The molecule has 2 aromatic rings. The first-order valence-corrected chi connectivity index (χ1v) is 10.5. The van der Waals surface area contributed by atoms with Crippen molar-refractivity contribution in [2.45, 2.75) is 32.1 Å². The van der Waals surface area contributed by atoms with Crippen LogP contribution in [0, 0.1) is 11.7 Å². The highest BCUT2D eigenvalue weighted by atomic mass is 35.5. The van der Waals surface area contributed by atoms with Crippen LogP contribution < -0.4 is 4.90 Å². The Bertz CT molecular complexity index is 843. The molecule has 0 unspecified atom stereocenters. The van der Waals surface area contributed by atoms with Gasteiger partial charge in [-0.1, -0.05) is 49.1 Å². The summed E-state index contributed by atoms with van der Waals surface area (Å²) in [6.07, 6.45) is 5.31. The van der Waals surface area contributed by atoms with Gasteiger partial charge in [0.2, 0.25) is 0 Å². The van der Waals surface area contributed by atoms with E-state index in [1.807, 2.05) is 18.2 Å². The van der Waals surface area contributed by atoms with E-state index >= 15 is 0 Å². The highest BCUT2D eigenvalue weighted by Gasteiger charge is 2.23. The molecule has 2 aromatic carbocycles. The quantitative estimate of drug-likeness (QED) is 0.578. The summed E-state index contributed by atoms with van der Waals surface area (Å²) in [4.78, 5) is 23.6. The molecule has 1 fully saturated rings. The largest absolute Gasteiger partial charge is 0.480 e. The van der Waals surface area contributed by atoms with Crippen molar-refractivity contribution in [1.29, 1.82) is 0 Å². The molecule has 1 aliphatic rings. The highest BCUT2D eigenvalue weighted by Crippen LogP contribution is 2.30. The van der Waals surface area contributed by atoms with Gasteiger partial charge in [-0.3, -0.25) is 0 Å². The third kappa shape index (κ3) is 8.19. The van der Waals surface area contributed by atoms with Crippen molar-refractivity contribution in [1.82, 2.24) is 0 Å². The minimum Gasteiger partial charge on any atom is -0.480 e. The van der Waals surface area contributed by atoms with Gasteiger partial charge in [-0.2, -0.15) is 0 Å². The molecule has 0 atom stereocenters. The van der Waals surface area contributed by atoms with Gasteiger partial charge in [0, 0.05) is 7.11 Å². The van der Waals surface area contributed by atoms with Crippen LogP contribution in [0.15, 0.2) is 48.5 Å². The van der Waals surface area contributed by atoms with Crippen LogP contribution in [0.5, 0.6) is 0 Å². The first kappa shape index (κ1) is 24.6. The molecule has 6 nitrogen and oxygen atoms in total. The number of hydrogen-bond acceptors (Lipinski definition) is 4. The Morgan fingerprint density at radius 2 is 1.77 bits per heavy atom. The number of ether oxygens (including phenoxy) is 2. The molecule has 168 valence electrons. The third-order valence-corrected chi connectivity index (χ3v) is 5.10. The zero-order valence-electron chi connectivity index (χ0n) is 17.4. The highest BCUT2D eigenvalue weighted by molar-refractivity contribution is 6.30. The second-order valence-corrected chi connectivity index (χ2v) is 7.58. The lowest BCUT2D eigenvalue weighted by molar-refractivity contribution is -0.141. The van der Waals surface area contributed by atoms with E-state index in [9.17, 15) is 14.0 Å². The molecule has 0 radical (unpaired) electrons. The first-order valence-electron chi connectivity index (χ1n) is 10.1. The molecule has 1 saturated carbocycles. The number of benzene rings is 2. The molecule has 0 bridgehead atoms. The van der Waals surface area contributed by atoms with E-state index in [2.05, 4.69) is 4.74 Å². The first-order chi connectivity index (χ1) is 14.9. The summed E-state index contributed by atoms with van der Waals surface area (Å²) in [5.41, 5.74) is 1.01. The Labute approximate surface area is 186 Å². The summed E-state index contributed by atoms with van der Waals surface area (Å²) in [6.45, 7) is 0.193. The van der Waals surface area contributed by atoms with Gasteiger partial charge < -0.3 is 14.6 Å². The number of anilines is 2. The van der Waals surface area contributed by atoms with Crippen LogP contribution in [0.3, 0.4) is 0 Å². The molecule has 31 heavy (non-hydrogen) atoms. The van der Waals surface area contributed by atoms with Crippen LogP contribution in [0.25, 0.3) is 0 Å². The van der Waals surface area contributed by atoms with Gasteiger partial charge in [0.1, 0.15) is 12.4 Å². The average Bonchev–Trinajstić information content (AvgIpc) is 2.77. The monoisotopic (exact) mass is 451 g/mol. The van der Waals surface area contributed by atoms with Crippen molar-refractivity contribution >= 4 is 35.0 Å². The third-order valence-electron chi connectivity index (χ3n) is 4.79. The second-order valence-electron chi connectivity index (χ2n) is 7.18. The molecule has 0 aliphatic heterocycles. The van der Waals surface area contributed by atoms with Gasteiger partial charge in [0.15, 0.2) is 0 Å². The molecule has 0 saturated heterocycles. The van der Waals surface area contributed by atoms with Gasteiger partial charge in [-0.25, -0.2) is 18.9 Å². The van der Waals surface area contributed by atoms with Crippen molar-refractivity contribution in [3.63, 3.8) is 0 Å². The van der Waals surface area contributed by atoms with Gasteiger partial charge in [-0.15, -0.1) is 0 Å². The number of carboxylic acid groups (broad SMARTS) is 1. The summed E-state index contributed by atoms with van der Waals surface area (Å²) in [5.74, 6) is -1.09. The van der Waals surface area contributed by atoms with Crippen LogP contribution in [0.1, 0.15) is 32.1 Å². The number of nitrogens with zero attached hydrogens (tertiary/aromatic N) is 1. The fourth-order valence-corrected chi connectivity index (χ4v) is 3.41. The number of rotatable bonds is 6. The smallest absolute Gasteiger partial charge is 0.418 e. The number of aliphatic carboxylic acids is 1. The topological polar surface area (TPSA) is 76.1 Å². The SMILES string of the molecule is COCC(=O)O.O=C(OCC1CCCCC1)N(c1ccccc1)c1ccc(Cl)c(F)c1. The zero-order valence-corrected chi connectivity index (χ0v) is 18.2. The van der Waals surface area contributed by atoms with Crippen molar-refractivity contribution in [3.8, 4) is 0 Å². The van der Waals surface area contributed by atoms with Gasteiger partial charge >= 0.3 is 12.1 Å². The van der Waals surface area contributed by atoms with Crippen LogP contribution in [0.2, 0.25) is 5.02 Å². The molecule has 0 spiro atoms. The fourth-order valence-electron chi connectivity index (χ4n) is 3.29. The summed E-state index contributed by atoms with van der Waals surface area (Å²) < 4.78 is 23.6. The molecule has 1 aliphatic carbocycles. The number of para-hydroxylation sites is 1. The summed E-state index contributed by atoms with van der Waals surface area (Å²) >= 11 is 5.76. The van der Waals surface area contributed by atoms with E-state index in [0.717, 1.165) is 12.8 Å². The van der Waals surface area contributed by atoms with Crippen molar-refractivity contribution in [3.05, 3.63) is 59.4 Å². The predicted octanol–water partition coefficient (Wildman–Crippen LogP) is 6.05. The van der Waals surface area contributed by atoms with Crippen molar-refractivity contribution in [2.75, 3.05) is 25.2 Å². The Hall–Kier alpha value is -2.64. The molecular weight excluding hydrogens is 425 g/mol. The number of halogens is 2. The van der Waals surface area contributed by atoms with E-state index in [-0.39, 0.29) is 11.6 Å². The summed E-state index contributed by atoms with van der Waals surface area (Å²) in [6, 6.07) is 13.4. The van der Waals surface area contributed by atoms with Crippen molar-refractivity contribution in [2.24, 2.45) is 5.92 Å². The number of carboxylic acids is 1. The molecule has 3 rings (SSSR count). The number of methoxy groups -OCH3 is 1. The molecule has 8 heteroatoms. The molecule has 0 aromatic heterocycles. The van der Waals surface area contributed by atoms with E-state index < -0.39 is 17.9 Å². The molecule has 1 amide bonds. The Balaban J connectivity index is 0.000000501. The van der Waals surface area contributed by atoms with Gasteiger partial charge in [0.25, 0.3) is 0 Å². The summed E-state index contributed by atoms with van der Waals surface area (Å²) in [7, 11) is 1.34. The maximum atomic E-state index is 13.9. The number of carbonyl (C=O) groups is 2. The summed E-state index contributed by atoms with van der Waals surface area (Å²) in [5, 5.41) is 7.81. The minimum atomic E-state index is -0.933. The lowest BCUT2D eigenvalue weighted by Crippen LogP contribution is -2.29. The van der Waals surface area contributed by atoms with E-state index in [1.165, 1.54) is 43.4 Å².